The van der Waals surface area contributed by atoms with Crippen LogP contribution in [-0.4, -0.2) is 10.7 Å². The van der Waals surface area contributed by atoms with Crippen molar-refractivity contribution in [2.75, 3.05) is 0 Å². The topological polar surface area (TPSA) is 20.2 Å². The molecule has 4 unspecified atom stereocenters. The normalized spacial score (nSPS) is 64.5. The Kier molecular flexibility index (Phi) is 1.38. The van der Waals surface area contributed by atoms with E-state index in [1.165, 1.54) is 44.9 Å². The highest BCUT2D eigenvalue weighted by Gasteiger charge is 2.69. The molecule has 4 saturated carbocycles. The second-order valence-electron chi connectivity index (χ2n) is 6.31. The molecule has 4 aliphatic rings. The minimum Gasteiger partial charge on any atom is -0.389 e. The zero-order chi connectivity index (χ0) is 9.34. The first-order chi connectivity index (χ1) is 6.80. The Balaban J connectivity index is 1.54. The fourth-order valence-electron chi connectivity index (χ4n) is 4.84. The average molecular weight is 192 g/mol. The molecule has 4 atom stereocenters. The summed E-state index contributed by atoms with van der Waals surface area (Å²) in [5.74, 6) is 4.22. The van der Waals surface area contributed by atoms with E-state index >= 15 is 0 Å². The smallest absolute Gasteiger partial charge is 0.0739 e. The summed E-state index contributed by atoms with van der Waals surface area (Å²) < 4.78 is 0. The van der Waals surface area contributed by atoms with E-state index in [2.05, 4.69) is 0 Å². The monoisotopic (exact) mass is 192 g/mol. The third kappa shape index (κ3) is 0.856. The third-order valence-corrected chi connectivity index (χ3v) is 5.74. The lowest BCUT2D eigenvalue weighted by Gasteiger charge is -2.20. The summed E-state index contributed by atoms with van der Waals surface area (Å²) in [7, 11) is 0. The second-order valence-corrected chi connectivity index (χ2v) is 6.31. The highest BCUT2D eigenvalue weighted by molar-refractivity contribution is 5.19. The van der Waals surface area contributed by atoms with Crippen LogP contribution in [0.2, 0.25) is 0 Å². The SMILES string of the molecule is OC1(C2CC3CC3C2)C2CCCCC21. The maximum absolute atomic E-state index is 10.7. The first-order valence-corrected chi connectivity index (χ1v) is 6.52. The molecule has 0 radical (unpaired) electrons. The molecule has 4 fully saturated rings. The van der Waals surface area contributed by atoms with Crippen LogP contribution in [0, 0.1) is 29.6 Å². The number of fused-ring (bicyclic) bond motifs is 2. The number of rotatable bonds is 1. The van der Waals surface area contributed by atoms with Crippen LogP contribution in [0.1, 0.15) is 44.9 Å². The molecule has 0 aromatic carbocycles. The van der Waals surface area contributed by atoms with Gasteiger partial charge >= 0.3 is 0 Å². The average Bonchev–Trinajstić information content (AvgIpc) is 3.06. The van der Waals surface area contributed by atoms with Crippen molar-refractivity contribution in [3.8, 4) is 0 Å². The fourth-order valence-corrected chi connectivity index (χ4v) is 4.84. The van der Waals surface area contributed by atoms with Crippen molar-refractivity contribution >= 4 is 0 Å². The molecule has 14 heavy (non-hydrogen) atoms. The van der Waals surface area contributed by atoms with Crippen LogP contribution in [-0.2, 0) is 0 Å². The molecule has 4 aliphatic carbocycles. The van der Waals surface area contributed by atoms with Gasteiger partial charge in [-0.3, -0.25) is 0 Å². The summed E-state index contributed by atoms with van der Waals surface area (Å²) in [6.07, 6.45) is 9.64. The molecule has 0 aromatic rings. The van der Waals surface area contributed by atoms with E-state index in [0.717, 1.165) is 23.7 Å². The van der Waals surface area contributed by atoms with Gasteiger partial charge < -0.3 is 5.11 Å². The van der Waals surface area contributed by atoms with Crippen LogP contribution >= 0.6 is 0 Å². The maximum atomic E-state index is 10.7. The van der Waals surface area contributed by atoms with Gasteiger partial charge in [0.1, 0.15) is 0 Å². The summed E-state index contributed by atoms with van der Waals surface area (Å²) in [4.78, 5) is 0. The summed E-state index contributed by atoms with van der Waals surface area (Å²) in [5, 5.41) is 10.7. The Hall–Kier alpha value is -0.0400. The van der Waals surface area contributed by atoms with Gasteiger partial charge in [-0.25, -0.2) is 0 Å². The lowest BCUT2D eigenvalue weighted by molar-refractivity contribution is 0.0501. The molecule has 78 valence electrons. The van der Waals surface area contributed by atoms with Gasteiger partial charge in [-0.05, 0) is 61.7 Å². The molecule has 0 aliphatic heterocycles. The Morgan fingerprint density at radius 1 is 0.857 bits per heavy atom. The van der Waals surface area contributed by atoms with Crippen molar-refractivity contribution in [3.63, 3.8) is 0 Å². The van der Waals surface area contributed by atoms with E-state index < -0.39 is 0 Å². The fraction of sp³-hybridized carbons (Fsp3) is 1.00. The zero-order valence-corrected chi connectivity index (χ0v) is 8.78. The highest BCUT2D eigenvalue weighted by atomic mass is 16.3. The van der Waals surface area contributed by atoms with E-state index in [-0.39, 0.29) is 5.60 Å². The van der Waals surface area contributed by atoms with Crippen molar-refractivity contribution in [3.05, 3.63) is 0 Å². The van der Waals surface area contributed by atoms with Crippen LogP contribution in [0.25, 0.3) is 0 Å². The first-order valence-electron chi connectivity index (χ1n) is 6.52. The number of hydrogen-bond acceptors (Lipinski definition) is 1. The van der Waals surface area contributed by atoms with Crippen molar-refractivity contribution in [2.24, 2.45) is 29.6 Å². The molecule has 0 amide bonds. The van der Waals surface area contributed by atoms with E-state index in [4.69, 9.17) is 0 Å². The quantitative estimate of drug-likeness (QED) is 0.677. The maximum Gasteiger partial charge on any atom is 0.0739 e. The Labute approximate surface area is 85.9 Å². The molecule has 0 saturated heterocycles. The van der Waals surface area contributed by atoms with E-state index in [9.17, 15) is 5.11 Å². The third-order valence-electron chi connectivity index (χ3n) is 5.74. The van der Waals surface area contributed by atoms with Crippen LogP contribution in [0.5, 0.6) is 0 Å². The predicted octanol–water partition coefficient (Wildman–Crippen LogP) is 2.58. The summed E-state index contributed by atoms with van der Waals surface area (Å²) in [6, 6.07) is 0. The summed E-state index contributed by atoms with van der Waals surface area (Å²) in [5.41, 5.74) is -0.163. The van der Waals surface area contributed by atoms with Crippen molar-refractivity contribution in [2.45, 2.75) is 50.5 Å². The highest BCUT2D eigenvalue weighted by Crippen LogP contribution is 2.69. The Morgan fingerprint density at radius 2 is 1.43 bits per heavy atom. The van der Waals surface area contributed by atoms with Crippen LogP contribution in [0.3, 0.4) is 0 Å². The predicted molar refractivity (Wildman–Crippen MR) is 54.7 cm³/mol. The molecule has 0 heterocycles. The summed E-state index contributed by atoms with van der Waals surface area (Å²) >= 11 is 0. The lowest BCUT2D eigenvalue weighted by Crippen LogP contribution is -2.25. The minimum atomic E-state index is -0.163. The summed E-state index contributed by atoms with van der Waals surface area (Å²) in [6.45, 7) is 0. The molecule has 0 bridgehead atoms. The van der Waals surface area contributed by atoms with Gasteiger partial charge in [-0.1, -0.05) is 12.8 Å². The van der Waals surface area contributed by atoms with Crippen LogP contribution in [0.15, 0.2) is 0 Å². The van der Waals surface area contributed by atoms with Gasteiger partial charge in [0.2, 0.25) is 0 Å². The van der Waals surface area contributed by atoms with Gasteiger partial charge in [0.05, 0.1) is 5.60 Å². The van der Waals surface area contributed by atoms with Crippen LogP contribution < -0.4 is 0 Å². The zero-order valence-electron chi connectivity index (χ0n) is 8.78. The Bertz CT molecular complexity index is 250. The lowest BCUT2D eigenvalue weighted by atomic mass is 9.91. The van der Waals surface area contributed by atoms with E-state index in [0.29, 0.717) is 5.92 Å². The molecular formula is C13H20O. The van der Waals surface area contributed by atoms with E-state index in [1.54, 1.807) is 0 Å². The molecule has 0 aromatic heterocycles. The molecule has 1 heteroatoms. The van der Waals surface area contributed by atoms with Gasteiger partial charge in [-0.15, -0.1) is 0 Å². The number of aliphatic hydroxyl groups is 1. The molecule has 4 rings (SSSR count). The molecule has 0 spiro atoms. The van der Waals surface area contributed by atoms with Crippen LogP contribution in [0.4, 0.5) is 0 Å². The Morgan fingerprint density at radius 3 is 2.00 bits per heavy atom. The second kappa shape index (κ2) is 2.37. The van der Waals surface area contributed by atoms with Crippen molar-refractivity contribution < 1.29 is 5.11 Å². The van der Waals surface area contributed by atoms with Gasteiger partial charge in [0.25, 0.3) is 0 Å². The van der Waals surface area contributed by atoms with Crippen molar-refractivity contribution in [1.29, 1.82) is 0 Å². The number of hydrogen-bond donors (Lipinski definition) is 1. The first kappa shape index (κ1) is 8.15. The van der Waals surface area contributed by atoms with Gasteiger partial charge in [0, 0.05) is 0 Å². The van der Waals surface area contributed by atoms with E-state index in [1.807, 2.05) is 0 Å². The molecule has 1 nitrogen and oxygen atoms in total. The largest absolute Gasteiger partial charge is 0.389 e. The van der Waals surface area contributed by atoms with Gasteiger partial charge in [0.15, 0.2) is 0 Å². The van der Waals surface area contributed by atoms with Gasteiger partial charge in [-0.2, -0.15) is 0 Å². The minimum absolute atomic E-state index is 0.163. The van der Waals surface area contributed by atoms with Crippen molar-refractivity contribution in [1.82, 2.24) is 0 Å². The molecular weight excluding hydrogens is 172 g/mol. The molecule has 1 N–H and O–H groups in total. The standard InChI is InChI=1S/C13H20O/c14-13(10-6-8-5-9(8)7-10)11-3-1-2-4-12(11)13/h8-12,14H,1-7H2.